The zero-order chi connectivity index (χ0) is 11.8. The van der Waals surface area contributed by atoms with Crippen LogP contribution >= 0.6 is 11.3 Å². The van der Waals surface area contributed by atoms with Gasteiger partial charge in [0.1, 0.15) is 0 Å². The molecular weight excluding hydrogens is 242 g/mol. The Labute approximate surface area is 101 Å². The molecule has 0 saturated heterocycles. The van der Waals surface area contributed by atoms with Crippen LogP contribution in [0.3, 0.4) is 0 Å². The lowest BCUT2D eigenvalue weighted by molar-refractivity contribution is 0.701. The summed E-state index contributed by atoms with van der Waals surface area (Å²) in [4.78, 5) is 3.82. The number of hydrogen-bond acceptors (Lipinski definition) is 5. The molecule has 2 rings (SSSR count). The average molecular weight is 253 g/mol. The van der Waals surface area contributed by atoms with Gasteiger partial charge in [0.05, 0.1) is 22.3 Å². The van der Waals surface area contributed by atoms with Crippen molar-refractivity contribution in [3.05, 3.63) is 41.4 Å². The van der Waals surface area contributed by atoms with E-state index in [4.69, 9.17) is 11.5 Å². The number of nitrogen functional groups attached to an aromatic ring is 2. The molecule has 1 heterocycles. The maximum absolute atomic E-state index is 9.89. The summed E-state index contributed by atoms with van der Waals surface area (Å²) in [6.07, 6.45) is 0. The van der Waals surface area contributed by atoms with Gasteiger partial charge in [-0.15, -0.1) is 11.3 Å². The fourth-order valence-electron chi connectivity index (χ4n) is 0.857. The Balaban J connectivity index is 0.000000165. The molecule has 0 unspecified atom stereocenters. The molecule has 4 N–H and O–H groups in total. The molecule has 0 radical (unpaired) electrons. The van der Waals surface area contributed by atoms with Crippen LogP contribution < -0.4 is 11.5 Å². The first-order chi connectivity index (χ1) is 7.72. The van der Waals surface area contributed by atoms with E-state index in [2.05, 4.69) is 4.98 Å². The van der Waals surface area contributed by atoms with Gasteiger partial charge in [0.2, 0.25) is 0 Å². The largest absolute Gasteiger partial charge is 0.399 e. The SMILES string of the molecule is Nc1ccccc1.Nc1nc(C=S=O)cs1. The number of rotatable bonds is 1. The average Bonchev–Trinajstić information content (AvgIpc) is 2.67. The van der Waals surface area contributed by atoms with Crippen LogP contribution in [-0.2, 0) is 11.3 Å². The predicted molar refractivity (Wildman–Crippen MR) is 70.7 cm³/mol. The number of para-hydroxylation sites is 1. The smallest absolute Gasteiger partial charge is 0.180 e. The zero-order valence-corrected chi connectivity index (χ0v) is 10.0. The van der Waals surface area contributed by atoms with Crippen molar-refractivity contribution in [3.8, 4) is 0 Å². The fourth-order valence-corrected chi connectivity index (χ4v) is 1.68. The Morgan fingerprint density at radius 3 is 2.31 bits per heavy atom. The molecule has 4 nitrogen and oxygen atoms in total. The molecule has 84 valence electrons. The van der Waals surface area contributed by atoms with Gasteiger partial charge in [-0.1, -0.05) is 18.2 Å². The van der Waals surface area contributed by atoms with Crippen molar-refractivity contribution >= 4 is 38.8 Å². The molecule has 0 bridgehead atoms. The molecule has 2 aromatic rings. The second kappa shape index (κ2) is 6.76. The van der Waals surface area contributed by atoms with Gasteiger partial charge >= 0.3 is 0 Å². The predicted octanol–water partition coefficient (Wildman–Crippen LogP) is 1.36. The first kappa shape index (κ1) is 12.4. The molecule has 0 atom stereocenters. The fraction of sp³-hybridized carbons (Fsp3) is 0. The molecule has 0 aliphatic rings. The lowest BCUT2D eigenvalue weighted by Gasteiger charge is -1.83. The number of anilines is 2. The summed E-state index contributed by atoms with van der Waals surface area (Å²) in [6, 6.07) is 9.49. The number of aromatic nitrogens is 1. The number of hydrogen-bond donors (Lipinski definition) is 2. The minimum Gasteiger partial charge on any atom is -0.399 e. The second-order valence-electron chi connectivity index (χ2n) is 2.74. The van der Waals surface area contributed by atoms with Crippen molar-refractivity contribution < 1.29 is 4.21 Å². The van der Waals surface area contributed by atoms with Crippen LogP contribution in [0.5, 0.6) is 0 Å². The van der Waals surface area contributed by atoms with Gasteiger partial charge in [-0.25, -0.2) is 9.19 Å². The van der Waals surface area contributed by atoms with E-state index < -0.39 is 0 Å². The van der Waals surface area contributed by atoms with E-state index in [1.165, 1.54) is 16.7 Å². The van der Waals surface area contributed by atoms with E-state index in [1.807, 2.05) is 30.3 Å². The first-order valence-corrected chi connectivity index (χ1v) is 6.04. The molecule has 0 saturated carbocycles. The van der Waals surface area contributed by atoms with Gasteiger partial charge < -0.3 is 11.5 Å². The summed E-state index contributed by atoms with van der Waals surface area (Å²) in [5.74, 6) is 0. The van der Waals surface area contributed by atoms with Crippen molar-refractivity contribution in [2.45, 2.75) is 0 Å². The van der Waals surface area contributed by atoms with E-state index in [1.54, 1.807) is 5.38 Å². The van der Waals surface area contributed by atoms with E-state index in [9.17, 15) is 4.21 Å². The van der Waals surface area contributed by atoms with Crippen LogP contribution in [0.2, 0.25) is 0 Å². The number of nitrogens with zero attached hydrogens (tertiary/aromatic N) is 1. The van der Waals surface area contributed by atoms with Gasteiger partial charge in [-0.05, 0) is 12.1 Å². The summed E-state index contributed by atoms with van der Waals surface area (Å²) in [6.45, 7) is 0. The zero-order valence-electron chi connectivity index (χ0n) is 8.37. The maximum Gasteiger partial charge on any atom is 0.180 e. The monoisotopic (exact) mass is 253 g/mol. The Hall–Kier alpha value is -1.66. The normalized spacial score (nSPS) is 8.75. The van der Waals surface area contributed by atoms with Gasteiger partial charge in [0.25, 0.3) is 0 Å². The lowest BCUT2D eigenvalue weighted by Crippen LogP contribution is -1.83. The minimum atomic E-state index is 0.382. The Bertz CT molecular complexity index is 478. The molecule has 1 aromatic carbocycles. The Morgan fingerprint density at radius 1 is 1.25 bits per heavy atom. The van der Waals surface area contributed by atoms with Crippen LogP contribution in [0.15, 0.2) is 35.7 Å². The van der Waals surface area contributed by atoms with E-state index >= 15 is 0 Å². The topological polar surface area (TPSA) is 82.0 Å². The number of benzene rings is 1. The molecule has 16 heavy (non-hydrogen) atoms. The maximum atomic E-state index is 9.89. The van der Waals surface area contributed by atoms with Gasteiger partial charge in [-0.3, -0.25) is 0 Å². The highest BCUT2D eigenvalue weighted by Gasteiger charge is 1.91. The molecule has 0 fully saturated rings. The molecule has 0 aliphatic heterocycles. The third-order valence-electron chi connectivity index (χ3n) is 1.51. The van der Waals surface area contributed by atoms with Crippen molar-refractivity contribution in [2.75, 3.05) is 11.5 Å². The summed E-state index contributed by atoms with van der Waals surface area (Å²) < 4.78 is 9.89. The molecule has 0 amide bonds. The van der Waals surface area contributed by atoms with Crippen LogP contribution in [-0.4, -0.2) is 14.6 Å². The third kappa shape index (κ3) is 4.72. The number of nitrogens with two attached hydrogens (primary N) is 2. The van der Waals surface area contributed by atoms with E-state index in [0.717, 1.165) is 5.69 Å². The van der Waals surface area contributed by atoms with Crippen LogP contribution in [0.1, 0.15) is 5.69 Å². The first-order valence-electron chi connectivity index (χ1n) is 4.35. The molecule has 0 aliphatic carbocycles. The van der Waals surface area contributed by atoms with Crippen LogP contribution in [0.25, 0.3) is 0 Å². The molecular formula is C10H11N3OS2. The summed E-state index contributed by atoms with van der Waals surface area (Å²) in [7, 11) is 0. The highest BCUT2D eigenvalue weighted by Crippen LogP contribution is 2.08. The summed E-state index contributed by atoms with van der Waals surface area (Å²) in [5.41, 5.74) is 12.1. The highest BCUT2D eigenvalue weighted by molar-refractivity contribution is 7.65. The molecule has 1 aromatic heterocycles. The molecule has 6 heteroatoms. The van der Waals surface area contributed by atoms with Gasteiger partial charge in [0.15, 0.2) is 5.13 Å². The van der Waals surface area contributed by atoms with Crippen LogP contribution in [0, 0.1) is 0 Å². The van der Waals surface area contributed by atoms with Crippen molar-refractivity contribution in [1.82, 2.24) is 4.98 Å². The van der Waals surface area contributed by atoms with Crippen LogP contribution in [0.4, 0.5) is 10.8 Å². The minimum absolute atomic E-state index is 0.382. The lowest BCUT2D eigenvalue weighted by atomic mass is 10.3. The quantitative estimate of drug-likeness (QED) is 0.594. The highest BCUT2D eigenvalue weighted by atomic mass is 32.1. The standard InChI is InChI=1S/C6H7N.C4H4N2OS2/c7-6-4-2-1-3-5-6;5-4-6-3(1-8-4)2-9-7/h1-5H,7H2;1-2H,(H2,5,6). The summed E-state index contributed by atoms with van der Waals surface area (Å²) >= 11 is 1.71. The van der Waals surface area contributed by atoms with E-state index in [0.29, 0.717) is 22.1 Å². The van der Waals surface area contributed by atoms with Crippen molar-refractivity contribution in [2.24, 2.45) is 0 Å². The number of thiazole rings is 1. The molecule has 0 spiro atoms. The Kier molecular flexibility index (Phi) is 5.24. The van der Waals surface area contributed by atoms with E-state index in [-0.39, 0.29) is 0 Å². The van der Waals surface area contributed by atoms with Gasteiger partial charge in [-0.2, -0.15) is 0 Å². The Morgan fingerprint density at radius 2 is 1.94 bits per heavy atom. The van der Waals surface area contributed by atoms with Crippen molar-refractivity contribution in [3.63, 3.8) is 0 Å². The van der Waals surface area contributed by atoms with Gasteiger partial charge in [0, 0.05) is 11.1 Å². The second-order valence-corrected chi connectivity index (χ2v) is 4.05. The summed E-state index contributed by atoms with van der Waals surface area (Å²) in [5, 5.41) is 3.64. The van der Waals surface area contributed by atoms with Crippen molar-refractivity contribution in [1.29, 1.82) is 0 Å². The third-order valence-corrected chi connectivity index (χ3v) is 2.54.